The van der Waals surface area contributed by atoms with Crippen LogP contribution in [0, 0.1) is 0 Å². The summed E-state index contributed by atoms with van der Waals surface area (Å²) in [5, 5.41) is 3.89. The summed E-state index contributed by atoms with van der Waals surface area (Å²) in [6.45, 7) is 3.02. The van der Waals surface area contributed by atoms with Crippen LogP contribution in [0.3, 0.4) is 0 Å². The fourth-order valence-corrected chi connectivity index (χ4v) is 4.15. The third-order valence-electron chi connectivity index (χ3n) is 3.29. The van der Waals surface area contributed by atoms with E-state index in [0.717, 1.165) is 42.4 Å². The first kappa shape index (κ1) is 15.4. The highest BCUT2D eigenvalue weighted by Crippen LogP contribution is 2.28. The number of nitrogens with one attached hydrogen (secondary N) is 1. The molecule has 1 aliphatic heterocycles. The van der Waals surface area contributed by atoms with Gasteiger partial charge in [-0.1, -0.05) is 18.3 Å². The number of rotatable bonds is 5. The SMILES string of the molecule is CCCN(C)c1nc(N)c(C(=O)NC2CCSCC2)s1. The average molecular weight is 314 g/mol. The number of amides is 1. The molecule has 1 saturated heterocycles. The molecule has 0 saturated carbocycles. The largest absolute Gasteiger partial charge is 0.382 e. The Kier molecular flexibility index (Phi) is 5.54. The fraction of sp³-hybridized carbons (Fsp3) is 0.692. The number of anilines is 2. The number of thioether (sulfide) groups is 1. The van der Waals surface area contributed by atoms with Gasteiger partial charge in [-0.25, -0.2) is 4.98 Å². The molecule has 0 unspecified atom stereocenters. The summed E-state index contributed by atoms with van der Waals surface area (Å²) in [5.74, 6) is 2.50. The van der Waals surface area contributed by atoms with E-state index in [4.69, 9.17) is 5.73 Å². The smallest absolute Gasteiger partial charge is 0.265 e. The molecule has 1 amide bonds. The van der Waals surface area contributed by atoms with Crippen LogP contribution in [0.25, 0.3) is 0 Å². The molecule has 20 heavy (non-hydrogen) atoms. The van der Waals surface area contributed by atoms with Crippen LogP contribution in [0.1, 0.15) is 35.9 Å². The first-order valence-electron chi connectivity index (χ1n) is 6.97. The molecule has 0 bridgehead atoms. The minimum absolute atomic E-state index is 0.0759. The Balaban J connectivity index is 2.01. The Morgan fingerprint density at radius 1 is 1.50 bits per heavy atom. The zero-order chi connectivity index (χ0) is 14.5. The number of carbonyl (C=O) groups is 1. The predicted octanol–water partition coefficient (Wildman–Crippen LogP) is 2.20. The van der Waals surface area contributed by atoms with Gasteiger partial charge in [-0.15, -0.1) is 0 Å². The van der Waals surface area contributed by atoms with E-state index >= 15 is 0 Å². The van der Waals surface area contributed by atoms with Crippen LogP contribution in [0.15, 0.2) is 0 Å². The molecule has 5 nitrogen and oxygen atoms in total. The third-order valence-corrected chi connectivity index (χ3v) is 5.52. The topological polar surface area (TPSA) is 71.2 Å². The highest BCUT2D eigenvalue weighted by Gasteiger charge is 2.21. The fourth-order valence-electron chi connectivity index (χ4n) is 2.17. The summed E-state index contributed by atoms with van der Waals surface area (Å²) in [6, 6.07) is 0.280. The average Bonchev–Trinajstić information content (AvgIpc) is 2.82. The van der Waals surface area contributed by atoms with E-state index in [1.54, 1.807) is 0 Å². The van der Waals surface area contributed by atoms with Gasteiger partial charge in [0.1, 0.15) is 10.7 Å². The molecule has 0 atom stereocenters. The number of hydrogen-bond donors (Lipinski definition) is 2. The van der Waals surface area contributed by atoms with Gasteiger partial charge in [-0.3, -0.25) is 4.79 Å². The second kappa shape index (κ2) is 7.17. The van der Waals surface area contributed by atoms with Crippen LogP contribution < -0.4 is 16.0 Å². The first-order valence-corrected chi connectivity index (χ1v) is 8.95. The van der Waals surface area contributed by atoms with Gasteiger partial charge in [-0.2, -0.15) is 11.8 Å². The molecule has 112 valence electrons. The zero-order valence-electron chi connectivity index (χ0n) is 12.0. The highest BCUT2D eigenvalue weighted by molar-refractivity contribution is 7.99. The summed E-state index contributed by atoms with van der Waals surface area (Å²) in [6.07, 6.45) is 3.12. The summed E-state index contributed by atoms with van der Waals surface area (Å²) < 4.78 is 0. The van der Waals surface area contributed by atoms with Crippen molar-refractivity contribution in [2.45, 2.75) is 32.2 Å². The first-order chi connectivity index (χ1) is 9.61. The molecule has 1 aliphatic rings. The van der Waals surface area contributed by atoms with E-state index < -0.39 is 0 Å². The van der Waals surface area contributed by atoms with E-state index in [-0.39, 0.29) is 11.9 Å². The van der Waals surface area contributed by atoms with Gasteiger partial charge in [0.2, 0.25) is 0 Å². The van der Waals surface area contributed by atoms with Crippen LogP contribution in [0.5, 0.6) is 0 Å². The summed E-state index contributed by atoms with van der Waals surface area (Å²) in [7, 11) is 1.97. The Hall–Kier alpha value is -0.950. The van der Waals surface area contributed by atoms with Crippen LogP contribution in [0.2, 0.25) is 0 Å². The number of nitrogen functional groups attached to an aromatic ring is 1. The summed E-state index contributed by atoms with van der Waals surface area (Å²) in [5.41, 5.74) is 5.89. The van der Waals surface area contributed by atoms with Crippen molar-refractivity contribution in [2.75, 3.05) is 35.7 Å². The molecule has 2 rings (SSSR count). The van der Waals surface area contributed by atoms with Crippen LogP contribution >= 0.6 is 23.1 Å². The van der Waals surface area contributed by atoms with Crippen molar-refractivity contribution in [3.63, 3.8) is 0 Å². The van der Waals surface area contributed by atoms with Crippen molar-refractivity contribution in [1.82, 2.24) is 10.3 Å². The van der Waals surface area contributed by atoms with Crippen LogP contribution in [-0.4, -0.2) is 42.0 Å². The van der Waals surface area contributed by atoms with Gasteiger partial charge < -0.3 is 16.0 Å². The number of aromatic nitrogens is 1. The van der Waals surface area contributed by atoms with Gasteiger partial charge in [0.15, 0.2) is 5.13 Å². The van der Waals surface area contributed by atoms with Crippen molar-refractivity contribution < 1.29 is 4.79 Å². The maximum Gasteiger partial charge on any atom is 0.265 e. The van der Waals surface area contributed by atoms with Gasteiger partial charge >= 0.3 is 0 Å². The van der Waals surface area contributed by atoms with E-state index in [1.807, 2.05) is 23.7 Å². The molecule has 7 heteroatoms. The number of nitrogens with two attached hydrogens (primary N) is 1. The Bertz CT molecular complexity index is 457. The molecule has 1 fully saturated rings. The normalized spacial score (nSPS) is 16.1. The van der Waals surface area contributed by atoms with Crippen molar-refractivity contribution >= 4 is 40.0 Å². The maximum atomic E-state index is 12.3. The highest BCUT2D eigenvalue weighted by atomic mass is 32.2. The molecule has 2 heterocycles. The number of hydrogen-bond acceptors (Lipinski definition) is 6. The molecule has 3 N–H and O–H groups in total. The number of nitrogens with zero attached hydrogens (tertiary/aromatic N) is 2. The maximum absolute atomic E-state index is 12.3. The zero-order valence-corrected chi connectivity index (χ0v) is 13.6. The Morgan fingerprint density at radius 2 is 2.20 bits per heavy atom. The number of thiazole rings is 1. The lowest BCUT2D eigenvalue weighted by molar-refractivity contribution is 0.0939. The molecular weight excluding hydrogens is 292 g/mol. The van der Waals surface area contributed by atoms with Crippen molar-refractivity contribution in [3.8, 4) is 0 Å². The summed E-state index contributed by atoms with van der Waals surface area (Å²) in [4.78, 5) is 19.2. The van der Waals surface area contributed by atoms with Gasteiger partial charge in [-0.05, 0) is 30.8 Å². The Labute approximate surface area is 128 Å². The minimum atomic E-state index is -0.0759. The third kappa shape index (κ3) is 3.79. The van der Waals surface area contributed by atoms with E-state index in [2.05, 4.69) is 17.2 Å². The monoisotopic (exact) mass is 314 g/mol. The lowest BCUT2D eigenvalue weighted by Gasteiger charge is -2.22. The quantitative estimate of drug-likeness (QED) is 0.872. The molecule has 0 aromatic carbocycles. The molecular formula is C13H22N4OS2. The number of carbonyl (C=O) groups excluding carboxylic acids is 1. The standard InChI is InChI=1S/C13H22N4OS2/c1-3-6-17(2)13-16-11(14)10(20-13)12(18)15-9-4-7-19-8-5-9/h9H,3-8,14H2,1-2H3,(H,15,18). The lowest BCUT2D eigenvalue weighted by Crippen LogP contribution is -2.37. The van der Waals surface area contributed by atoms with Gasteiger partial charge in [0, 0.05) is 19.6 Å². The predicted molar refractivity (Wildman–Crippen MR) is 87.9 cm³/mol. The van der Waals surface area contributed by atoms with Crippen molar-refractivity contribution in [1.29, 1.82) is 0 Å². The second-order valence-corrected chi connectivity index (χ2v) is 7.19. The molecule has 0 radical (unpaired) electrons. The van der Waals surface area contributed by atoms with E-state index in [1.165, 1.54) is 11.3 Å². The van der Waals surface area contributed by atoms with Crippen molar-refractivity contribution in [2.24, 2.45) is 0 Å². The second-order valence-electron chi connectivity index (χ2n) is 4.99. The summed E-state index contributed by atoms with van der Waals surface area (Å²) >= 11 is 3.32. The van der Waals surface area contributed by atoms with E-state index in [9.17, 15) is 4.79 Å². The minimum Gasteiger partial charge on any atom is -0.382 e. The van der Waals surface area contributed by atoms with Gasteiger partial charge in [0.25, 0.3) is 5.91 Å². The van der Waals surface area contributed by atoms with E-state index in [0.29, 0.717) is 10.7 Å². The lowest BCUT2D eigenvalue weighted by atomic mass is 10.1. The van der Waals surface area contributed by atoms with Crippen LogP contribution in [-0.2, 0) is 0 Å². The van der Waals surface area contributed by atoms with Crippen molar-refractivity contribution in [3.05, 3.63) is 4.88 Å². The molecule has 0 aliphatic carbocycles. The Morgan fingerprint density at radius 3 is 2.85 bits per heavy atom. The van der Waals surface area contributed by atoms with Crippen LogP contribution in [0.4, 0.5) is 10.9 Å². The molecule has 1 aromatic heterocycles. The van der Waals surface area contributed by atoms with Gasteiger partial charge in [0.05, 0.1) is 0 Å². The molecule has 1 aromatic rings. The molecule has 0 spiro atoms.